The summed E-state index contributed by atoms with van der Waals surface area (Å²) in [6, 6.07) is 0. The summed E-state index contributed by atoms with van der Waals surface area (Å²) in [4.78, 5) is 0. The summed E-state index contributed by atoms with van der Waals surface area (Å²) in [5.41, 5.74) is 0. The first-order valence-electron chi connectivity index (χ1n) is 0. The van der Waals surface area contributed by atoms with Crippen LogP contribution < -0.4 is 0 Å². The predicted molar refractivity (Wildman–Crippen MR) is 5.75 cm³/mol. The smallest absolute Gasteiger partial charge is 0 e. The Balaban J connectivity index is 0. The molecule has 28 valence electrons. The minimum atomic E-state index is 0. The quantitative estimate of drug-likeness (QED) is 0.395. The van der Waals surface area contributed by atoms with Crippen LogP contribution in [-0.2, 0) is 80.3 Å². The van der Waals surface area contributed by atoms with Gasteiger partial charge in [0.15, 0.2) is 0 Å². The Morgan fingerprint density at radius 1 is 1.00 bits per heavy atom. The first-order valence-corrected chi connectivity index (χ1v) is 0. The molecule has 0 aliphatic carbocycles. The van der Waals surface area contributed by atoms with Crippen molar-refractivity contribution in [3.8, 4) is 0 Å². The average molecular weight is 504 g/mol. The van der Waals surface area contributed by atoms with Gasteiger partial charge in [0, 0.05) is 108 Å². The van der Waals surface area contributed by atoms with Gasteiger partial charge in [-0.1, -0.05) is 0 Å². The van der Waals surface area contributed by atoms with Gasteiger partial charge in [-0.2, -0.15) is 0 Å². The van der Waals surface area contributed by atoms with Crippen molar-refractivity contribution in [1.82, 2.24) is 0 Å². The Morgan fingerprint density at radius 3 is 1.00 bits per heavy atom. The zero-order chi connectivity index (χ0) is 0. The van der Waals surface area contributed by atoms with Crippen LogP contribution in [0.2, 0.25) is 0 Å². The van der Waals surface area contributed by atoms with E-state index in [-0.39, 0.29) is 108 Å². The van der Waals surface area contributed by atoms with E-state index in [1.807, 2.05) is 0 Å². The molecule has 0 rings (SSSR count). The van der Waals surface area contributed by atoms with Gasteiger partial charge < -0.3 is 0 Å². The Labute approximate surface area is 105 Å². The maximum absolute atomic E-state index is 0. The van der Waals surface area contributed by atoms with Gasteiger partial charge in [-0.3, -0.25) is 0 Å². The minimum Gasteiger partial charge on any atom is 0 e. The molecule has 5 heteroatoms. The summed E-state index contributed by atoms with van der Waals surface area (Å²) in [6.07, 6.45) is 0. The zero-order valence-corrected chi connectivity index (χ0v) is 16.0. The molecule has 2 radical (unpaired) electrons. The second kappa shape index (κ2) is 25.9. The van der Waals surface area contributed by atoms with E-state index >= 15 is 0 Å². The van der Waals surface area contributed by atoms with E-state index in [1.165, 1.54) is 0 Å². The van der Waals surface area contributed by atoms with Gasteiger partial charge >= 0.3 is 0 Å². The SMILES string of the molecule is [Cd].[Cu].[Ni].[Tl].[Zn]. The van der Waals surface area contributed by atoms with Crippen molar-refractivity contribution >= 4 is 27.3 Å². The van der Waals surface area contributed by atoms with E-state index in [0.717, 1.165) is 0 Å². The van der Waals surface area contributed by atoms with Crippen LogP contribution in [-0.4, -0.2) is 27.3 Å². The fraction of sp³-hybridized carbons (Fsp3) is 0. The molecule has 0 aliphatic rings. The van der Waals surface area contributed by atoms with Crippen molar-refractivity contribution in [2.75, 3.05) is 0 Å². The topological polar surface area (TPSA) is 0 Å². The van der Waals surface area contributed by atoms with Crippen molar-refractivity contribution in [2.24, 2.45) is 0 Å². The molecule has 0 aromatic carbocycles. The van der Waals surface area contributed by atoms with Gasteiger partial charge in [0.05, 0.1) is 0 Å². The largest absolute Gasteiger partial charge is 0 e. The van der Waals surface area contributed by atoms with Crippen LogP contribution >= 0.6 is 0 Å². The molecule has 0 aliphatic heterocycles. The predicted octanol–water partition coefficient (Wildman–Crippen LogP) is -0.391. The van der Waals surface area contributed by atoms with Crippen molar-refractivity contribution in [3.05, 3.63) is 0 Å². The third-order valence-electron chi connectivity index (χ3n) is 0. The van der Waals surface area contributed by atoms with E-state index < -0.39 is 0 Å². The molecule has 0 amide bonds. The molecule has 0 nitrogen and oxygen atoms in total. The summed E-state index contributed by atoms with van der Waals surface area (Å²) >= 11 is 0. The van der Waals surface area contributed by atoms with Gasteiger partial charge in [-0.15, -0.1) is 0 Å². The van der Waals surface area contributed by atoms with Gasteiger partial charge in [-0.25, -0.2) is 0 Å². The molecule has 0 aromatic heterocycles. The summed E-state index contributed by atoms with van der Waals surface area (Å²) in [7, 11) is 0. The molecule has 0 saturated heterocycles. The number of hydrogen-bond donors (Lipinski definition) is 0. The monoisotopic (exact) mass is 504 g/mol. The molecule has 0 heterocycles. The molecule has 5 heavy (non-hydrogen) atoms. The molecular formula is CdCuNiTlZn. The summed E-state index contributed by atoms with van der Waals surface area (Å²) in [5.74, 6) is 0. The first kappa shape index (κ1) is 39.2. The van der Waals surface area contributed by atoms with E-state index in [0.29, 0.717) is 0 Å². The van der Waals surface area contributed by atoms with E-state index in [4.69, 9.17) is 0 Å². The van der Waals surface area contributed by atoms with Crippen molar-refractivity contribution in [1.29, 1.82) is 0 Å². The average Bonchev–Trinajstić information content (AvgIpc) is 0. The zero-order valence-electron chi connectivity index (χ0n) is 2.61. The summed E-state index contributed by atoms with van der Waals surface area (Å²) in [5, 5.41) is 0. The molecule has 0 unspecified atom stereocenters. The van der Waals surface area contributed by atoms with Gasteiger partial charge in [0.1, 0.15) is 0 Å². The maximum atomic E-state index is 0. The maximum Gasteiger partial charge on any atom is 0 e. The third-order valence-corrected chi connectivity index (χ3v) is 0. The van der Waals surface area contributed by atoms with Crippen LogP contribution in [0.15, 0.2) is 0 Å². The van der Waals surface area contributed by atoms with Crippen LogP contribution in [0.4, 0.5) is 0 Å². The Bertz CT molecular complexity index is 11.6. The normalized spacial score (nSPS) is 0. The Hall–Kier alpha value is 3.48. The molecule has 0 atom stereocenters. The minimum absolute atomic E-state index is 0. The molecule has 0 fully saturated rings. The summed E-state index contributed by atoms with van der Waals surface area (Å²) < 4.78 is 0. The molecular weight excluding hydrogens is 504 g/mol. The van der Waals surface area contributed by atoms with Gasteiger partial charge in [0.25, 0.3) is 0 Å². The van der Waals surface area contributed by atoms with Crippen molar-refractivity contribution < 1.29 is 80.3 Å². The van der Waals surface area contributed by atoms with Crippen LogP contribution in [0.3, 0.4) is 0 Å². The number of hydrogen-bond acceptors (Lipinski definition) is 0. The molecule has 0 bridgehead atoms. The van der Waals surface area contributed by atoms with E-state index in [1.54, 1.807) is 0 Å². The number of rotatable bonds is 0. The third kappa shape index (κ3) is 18.5. The van der Waals surface area contributed by atoms with Crippen LogP contribution in [0, 0.1) is 0 Å². The molecule has 0 N–H and O–H groups in total. The van der Waals surface area contributed by atoms with Crippen molar-refractivity contribution in [2.45, 2.75) is 0 Å². The second-order valence-corrected chi connectivity index (χ2v) is 0. The van der Waals surface area contributed by atoms with Crippen molar-refractivity contribution in [3.63, 3.8) is 0 Å². The Kier molecular flexibility index (Phi) is 203. The molecule has 0 saturated carbocycles. The molecule has 0 spiro atoms. The molecule has 0 aromatic rings. The van der Waals surface area contributed by atoms with E-state index in [9.17, 15) is 0 Å². The van der Waals surface area contributed by atoms with E-state index in [2.05, 4.69) is 0 Å². The Morgan fingerprint density at radius 2 is 1.00 bits per heavy atom. The first-order chi connectivity index (χ1) is 0. The van der Waals surface area contributed by atoms with Gasteiger partial charge in [-0.05, 0) is 0 Å². The van der Waals surface area contributed by atoms with Gasteiger partial charge in [0.2, 0.25) is 0 Å². The second-order valence-electron chi connectivity index (χ2n) is 0. The fourth-order valence-corrected chi connectivity index (χ4v) is 0. The van der Waals surface area contributed by atoms with Crippen LogP contribution in [0.5, 0.6) is 0 Å². The fourth-order valence-electron chi connectivity index (χ4n) is 0. The standard InChI is InChI=1S/Cd.Cu.Ni.Tl.Zn. The summed E-state index contributed by atoms with van der Waals surface area (Å²) in [6.45, 7) is 0. The van der Waals surface area contributed by atoms with Crippen LogP contribution in [0.1, 0.15) is 0 Å². The van der Waals surface area contributed by atoms with Crippen LogP contribution in [0.25, 0.3) is 0 Å².